The average Bonchev–Trinajstić information content (AvgIpc) is 2.96. The number of para-hydroxylation sites is 2. The number of imidazole rings is 1. The zero-order chi connectivity index (χ0) is 16.2. The molecule has 3 rings (SSSR count). The smallest absolute Gasteiger partial charge is 0.230 e. The summed E-state index contributed by atoms with van der Waals surface area (Å²) >= 11 is 4.82. The molecule has 0 radical (unpaired) electrons. The lowest BCUT2D eigenvalue weighted by Gasteiger charge is -2.14. The first-order chi connectivity index (χ1) is 11.1. The third-order valence-corrected chi connectivity index (χ3v) is 4.86. The number of aromatic nitrogens is 2. The number of carbonyl (C=O) groups excluding carboxylic acids is 1. The van der Waals surface area contributed by atoms with Gasteiger partial charge in [0.15, 0.2) is 5.16 Å². The molecule has 0 saturated heterocycles. The van der Waals surface area contributed by atoms with Crippen molar-refractivity contribution in [2.24, 2.45) is 0 Å². The van der Waals surface area contributed by atoms with Crippen molar-refractivity contribution in [2.75, 3.05) is 5.75 Å². The molecule has 0 spiro atoms. The molecule has 118 valence electrons. The highest BCUT2D eigenvalue weighted by Crippen LogP contribution is 2.20. The Morgan fingerprint density at radius 1 is 1.26 bits per heavy atom. The number of aromatic amines is 1. The van der Waals surface area contributed by atoms with Gasteiger partial charge in [0.1, 0.15) is 0 Å². The van der Waals surface area contributed by atoms with E-state index in [1.54, 1.807) is 0 Å². The van der Waals surface area contributed by atoms with Gasteiger partial charge in [-0.3, -0.25) is 4.79 Å². The van der Waals surface area contributed by atoms with E-state index in [0.29, 0.717) is 5.75 Å². The van der Waals surface area contributed by atoms with E-state index in [1.165, 1.54) is 11.8 Å². The Bertz CT molecular complexity index is 783. The number of nitrogens with one attached hydrogen (secondary N) is 2. The van der Waals surface area contributed by atoms with Crippen LogP contribution < -0.4 is 5.32 Å². The summed E-state index contributed by atoms with van der Waals surface area (Å²) in [5, 5.41) is 3.76. The van der Waals surface area contributed by atoms with E-state index in [9.17, 15) is 4.79 Å². The number of halogens is 1. The van der Waals surface area contributed by atoms with Gasteiger partial charge in [0.05, 0.1) is 22.8 Å². The Labute approximate surface area is 147 Å². The monoisotopic (exact) mass is 389 g/mol. The van der Waals surface area contributed by atoms with Gasteiger partial charge in [0.2, 0.25) is 5.91 Å². The SMILES string of the molecule is CC(NC(=O)CSc1nc2ccccc2[nH]1)c1ccc(Br)cc1. The second-order valence-corrected chi connectivity index (χ2v) is 7.07. The van der Waals surface area contributed by atoms with E-state index in [-0.39, 0.29) is 11.9 Å². The number of nitrogens with zero attached hydrogens (tertiary/aromatic N) is 1. The van der Waals surface area contributed by atoms with Crippen LogP contribution in [-0.4, -0.2) is 21.6 Å². The lowest BCUT2D eigenvalue weighted by molar-refractivity contribution is -0.119. The molecule has 0 aliphatic rings. The quantitative estimate of drug-likeness (QED) is 0.639. The van der Waals surface area contributed by atoms with Crippen LogP contribution in [0.3, 0.4) is 0 Å². The van der Waals surface area contributed by atoms with Crippen molar-refractivity contribution in [1.82, 2.24) is 15.3 Å². The minimum absolute atomic E-state index is 0.00845. The van der Waals surface area contributed by atoms with Gasteiger partial charge in [-0.1, -0.05) is 52.0 Å². The molecule has 0 bridgehead atoms. The van der Waals surface area contributed by atoms with Crippen molar-refractivity contribution in [1.29, 1.82) is 0 Å². The molecule has 1 amide bonds. The van der Waals surface area contributed by atoms with Crippen molar-refractivity contribution in [3.8, 4) is 0 Å². The highest BCUT2D eigenvalue weighted by atomic mass is 79.9. The molecule has 23 heavy (non-hydrogen) atoms. The first kappa shape index (κ1) is 16.1. The third-order valence-electron chi connectivity index (χ3n) is 3.46. The van der Waals surface area contributed by atoms with E-state index in [4.69, 9.17) is 0 Å². The Hall–Kier alpha value is -1.79. The predicted octanol–water partition coefficient (Wildman–Crippen LogP) is 4.29. The maximum atomic E-state index is 12.1. The molecule has 1 aromatic heterocycles. The molecule has 2 aromatic carbocycles. The van der Waals surface area contributed by atoms with E-state index in [1.807, 2.05) is 55.5 Å². The van der Waals surface area contributed by atoms with Gasteiger partial charge >= 0.3 is 0 Å². The van der Waals surface area contributed by atoms with Gasteiger partial charge in [-0.25, -0.2) is 4.98 Å². The third kappa shape index (κ3) is 4.14. The standard InChI is InChI=1S/C17H16BrN3OS/c1-11(12-6-8-13(18)9-7-12)19-16(22)10-23-17-20-14-4-2-3-5-15(14)21-17/h2-9,11H,10H2,1H3,(H,19,22)(H,20,21). The fourth-order valence-corrected chi connectivity index (χ4v) is 3.21. The number of H-pyrrole nitrogens is 1. The molecule has 0 fully saturated rings. The lowest BCUT2D eigenvalue weighted by Crippen LogP contribution is -2.28. The van der Waals surface area contributed by atoms with Gasteiger partial charge in [0.25, 0.3) is 0 Å². The predicted molar refractivity (Wildman–Crippen MR) is 97.5 cm³/mol. The Kier molecular flexibility index (Phi) is 5.03. The summed E-state index contributed by atoms with van der Waals surface area (Å²) in [6.45, 7) is 1.98. The van der Waals surface area contributed by atoms with Crippen LogP contribution in [0.1, 0.15) is 18.5 Å². The Morgan fingerprint density at radius 2 is 2.00 bits per heavy atom. The van der Waals surface area contributed by atoms with Crippen LogP contribution in [0.2, 0.25) is 0 Å². The van der Waals surface area contributed by atoms with Gasteiger partial charge in [-0.2, -0.15) is 0 Å². The first-order valence-corrected chi connectivity index (χ1v) is 9.02. The number of fused-ring (bicyclic) bond motifs is 1. The van der Waals surface area contributed by atoms with Crippen LogP contribution >= 0.6 is 27.7 Å². The normalized spacial score (nSPS) is 12.3. The molecule has 4 nitrogen and oxygen atoms in total. The molecule has 1 heterocycles. The maximum Gasteiger partial charge on any atom is 0.230 e. The topological polar surface area (TPSA) is 57.8 Å². The van der Waals surface area contributed by atoms with Crippen LogP contribution in [0.5, 0.6) is 0 Å². The second-order valence-electron chi connectivity index (χ2n) is 5.19. The number of carbonyl (C=O) groups is 1. The van der Waals surface area contributed by atoms with Crippen LogP contribution in [-0.2, 0) is 4.79 Å². The molecule has 2 N–H and O–H groups in total. The lowest BCUT2D eigenvalue weighted by atomic mass is 10.1. The summed E-state index contributed by atoms with van der Waals surface area (Å²) in [4.78, 5) is 19.8. The number of benzene rings is 2. The summed E-state index contributed by atoms with van der Waals surface area (Å²) in [5.74, 6) is 0.326. The summed E-state index contributed by atoms with van der Waals surface area (Å²) in [6.07, 6.45) is 0. The van der Waals surface area contributed by atoms with Crippen molar-refractivity contribution in [3.63, 3.8) is 0 Å². The van der Waals surface area contributed by atoms with E-state index in [2.05, 4.69) is 31.2 Å². The molecule has 1 atom stereocenters. The summed E-state index contributed by atoms with van der Waals surface area (Å²) in [7, 11) is 0. The van der Waals surface area contributed by atoms with E-state index < -0.39 is 0 Å². The second kappa shape index (κ2) is 7.19. The molecule has 6 heteroatoms. The maximum absolute atomic E-state index is 12.1. The molecular formula is C17H16BrN3OS. The molecule has 0 saturated carbocycles. The first-order valence-electron chi connectivity index (χ1n) is 7.24. The molecular weight excluding hydrogens is 374 g/mol. The minimum Gasteiger partial charge on any atom is -0.349 e. The Morgan fingerprint density at radius 3 is 2.74 bits per heavy atom. The molecule has 1 unspecified atom stereocenters. The largest absolute Gasteiger partial charge is 0.349 e. The van der Waals surface area contributed by atoms with E-state index >= 15 is 0 Å². The van der Waals surface area contributed by atoms with Crippen molar-refractivity contribution in [2.45, 2.75) is 18.1 Å². The number of hydrogen-bond donors (Lipinski definition) is 2. The summed E-state index contributed by atoms with van der Waals surface area (Å²) in [6, 6.07) is 15.8. The highest BCUT2D eigenvalue weighted by molar-refractivity contribution is 9.10. The van der Waals surface area contributed by atoms with Crippen LogP contribution in [0.4, 0.5) is 0 Å². The summed E-state index contributed by atoms with van der Waals surface area (Å²) < 4.78 is 1.03. The minimum atomic E-state index is -0.0214. The van der Waals surface area contributed by atoms with Crippen molar-refractivity contribution >= 4 is 44.6 Å². The van der Waals surface area contributed by atoms with Gasteiger partial charge in [-0.05, 0) is 36.8 Å². The van der Waals surface area contributed by atoms with Gasteiger partial charge < -0.3 is 10.3 Å². The number of thioether (sulfide) groups is 1. The van der Waals surface area contributed by atoms with Crippen LogP contribution in [0, 0.1) is 0 Å². The number of hydrogen-bond acceptors (Lipinski definition) is 3. The van der Waals surface area contributed by atoms with Gasteiger partial charge in [-0.15, -0.1) is 0 Å². The number of amides is 1. The fourth-order valence-electron chi connectivity index (χ4n) is 2.25. The van der Waals surface area contributed by atoms with E-state index in [0.717, 1.165) is 26.2 Å². The molecule has 0 aliphatic carbocycles. The number of rotatable bonds is 5. The average molecular weight is 390 g/mol. The fraction of sp³-hybridized carbons (Fsp3) is 0.176. The van der Waals surface area contributed by atoms with Gasteiger partial charge in [0, 0.05) is 4.47 Å². The Balaban J connectivity index is 1.55. The van der Waals surface area contributed by atoms with Crippen molar-refractivity contribution < 1.29 is 4.79 Å². The van der Waals surface area contributed by atoms with Crippen LogP contribution in [0.15, 0.2) is 58.2 Å². The zero-order valence-corrected chi connectivity index (χ0v) is 14.9. The van der Waals surface area contributed by atoms with Crippen molar-refractivity contribution in [3.05, 3.63) is 58.6 Å². The highest BCUT2D eigenvalue weighted by Gasteiger charge is 2.11. The zero-order valence-electron chi connectivity index (χ0n) is 12.5. The van der Waals surface area contributed by atoms with Crippen LogP contribution in [0.25, 0.3) is 11.0 Å². The molecule has 3 aromatic rings. The summed E-state index contributed by atoms with van der Waals surface area (Å²) in [5.41, 5.74) is 2.98. The molecule has 0 aliphatic heterocycles.